The van der Waals surface area contributed by atoms with Crippen molar-refractivity contribution in [3.8, 4) is 11.5 Å². The number of carbonyl (C=O) groups is 2. The van der Waals surface area contributed by atoms with Gasteiger partial charge in [-0.15, -0.1) is 0 Å². The molecule has 0 aliphatic carbocycles. The minimum absolute atomic E-state index is 0.0104. The number of benzene rings is 1. The Morgan fingerprint density at radius 2 is 2.10 bits per heavy atom. The first-order valence-corrected chi connectivity index (χ1v) is 9.30. The lowest BCUT2D eigenvalue weighted by Crippen LogP contribution is -2.57. The van der Waals surface area contributed by atoms with E-state index >= 15 is 0 Å². The zero-order valence-electron chi connectivity index (χ0n) is 15.9. The molecule has 4 rings (SSSR count). The van der Waals surface area contributed by atoms with Gasteiger partial charge in [-0.3, -0.25) is 4.79 Å². The van der Waals surface area contributed by atoms with Crippen molar-refractivity contribution in [2.75, 3.05) is 13.1 Å². The van der Waals surface area contributed by atoms with Gasteiger partial charge in [-0.1, -0.05) is 12.4 Å². The third kappa shape index (κ3) is 4.13. The lowest BCUT2D eigenvalue weighted by molar-refractivity contribution is -0.389. The molecule has 0 atom stereocenters. The maximum absolute atomic E-state index is 12.3. The number of likely N-dealkylation sites (tertiary alicyclic amines) is 1. The van der Waals surface area contributed by atoms with Gasteiger partial charge in [-0.05, 0) is 23.0 Å². The summed E-state index contributed by atoms with van der Waals surface area (Å²) >= 11 is 0. The van der Waals surface area contributed by atoms with Gasteiger partial charge in [0, 0.05) is 0 Å². The van der Waals surface area contributed by atoms with Crippen LogP contribution in [0.25, 0.3) is 0 Å². The van der Waals surface area contributed by atoms with Crippen LogP contribution in [0.3, 0.4) is 0 Å². The summed E-state index contributed by atoms with van der Waals surface area (Å²) in [6, 6.07) is 3.07. The van der Waals surface area contributed by atoms with E-state index in [0.29, 0.717) is 5.56 Å². The predicted octanol–water partition coefficient (Wildman–Crippen LogP) is -0.967. The molecule has 0 spiro atoms. The molecule has 1 saturated heterocycles. The van der Waals surface area contributed by atoms with Crippen molar-refractivity contribution in [1.82, 2.24) is 19.9 Å². The zero-order valence-corrected chi connectivity index (χ0v) is 15.9. The van der Waals surface area contributed by atoms with Crippen LogP contribution in [0.15, 0.2) is 18.3 Å². The third-order valence-electron chi connectivity index (χ3n) is 5.02. The Morgan fingerprint density at radius 1 is 1.35 bits per heavy atom. The number of nitrogens with zero attached hydrogens (tertiary/aromatic N) is 5. The van der Waals surface area contributed by atoms with E-state index in [1.807, 2.05) is 0 Å². The number of hydrogen-bond donors (Lipinski definition) is 3. The van der Waals surface area contributed by atoms with Gasteiger partial charge in [0.2, 0.25) is 5.91 Å². The Balaban J connectivity index is 1.40. The molecule has 2 aliphatic heterocycles. The van der Waals surface area contributed by atoms with Crippen LogP contribution in [0.5, 0.6) is 11.5 Å². The molecule has 0 saturated carbocycles. The van der Waals surface area contributed by atoms with E-state index in [4.69, 9.17) is 9.39 Å². The Hall–Kier alpha value is -3.72. The molecule has 31 heavy (non-hydrogen) atoms. The van der Waals surface area contributed by atoms with Gasteiger partial charge in [-0.2, -0.15) is 0 Å². The van der Waals surface area contributed by atoms with E-state index in [1.165, 1.54) is 11.0 Å². The van der Waals surface area contributed by atoms with Crippen molar-refractivity contribution in [3.63, 3.8) is 0 Å². The van der Waals surface area contributed by atoms with Crippen LogP contribution in [0.2, 0.25) is 6.32 Å². The van der Waals surface area contributed by atoms with Crippen LogP contribution in [0.4, 0.5) is 5.82 Å². The van der Waals surface area contributed by atoms with Crippen molar-refractivity contribution in [2.24, 2.45) is 0 Å². The zero-order chi connectivity index (χ0) is 22.3. The van der Waals surface area contributed by atoms with E-state index in [0.717, 1.165) is 10.9 Å². The molecule has 1 aromatic carbocycles. The van der Waals surface area contributed by atoms with Gasteiger partial charge in [0.15, 0.2) is 0 Å². The fraction of sp³-hybridized carbons (Fsp3) is 0.375. The van der Waals surface area contributed by atoms with Crippen LogP contribution in [0, 0.1) is 10.1 Å². The maximum atomic E-state index is 12.3. The summed E-state index contributed by atoms with van der Waals surface area (Å²) in [5, 5.41) is 46.6. The second-order valence-electron chi connectivity index (χ2n) is 7.32. The van der Waals surface area contributed by atoms with E-state index in [1.54, 1.807) is 6.07 Å². The lowest BCUT2D eigenvalue weighted by atomic mass is 9.70. The molecule has 0 radical (unpaired) electrons. The van der Waals surface area contributed by atoms with Gasteiger partial charge >= 0.3 is 18.5 Å². The normalized spacial score (nSPS) is 17.3. The largest absolute Gasteiger partial charge is 0.669 e. The number of nitro groups is 1. The number of amides is 1. The quantitative estimate of drug-likeness (QED) is 0.288. The van der Waals surface area contributed by atoms with Crippen LogP contribution < -0.4 is 9.39 Å². The van der Waals surface area contributed by atoms with Gasteiger partial charge in [0.05, 0.1) is 24.1 Å². The minimum atomic E-state index is -3.14. The molecule has 2 aromatic rings. The number of aromatic carboxylic acids is 1. The number of hydrogen-bond acceptors (Lipinski definition) is 10. The highest BCUT2D eigenvalue weighted by Crippen LogP contribution is 2.38. The predicted molar refractivity (Wildman–Crippen MR) is 100 cm³/mol. The number of carboxylic acids is 1. The topological polar surface area (TPSA) is 190 Å². The Morgan fingerprint density at radius 3 is 2.74 bits per heavy atom. The standard InChI is InChI=1S/C16H17BN5O9/c23-13(8-21-7-12(18-19-21)22(28)29)20-5-10(6-20)30-11-2-1-9-3-4-17(26,27)31-15(9)14(11)16(24)25/h1-2,7,10,26-27H,3-6,8H2,(H,24,25)/q-1. The van der Waals surface area contributed by atoms with E-state index < -0.39 is 29.6 Å². The van der Waals surface area contributed by atoms with E-state index in [-0.39, 0.29) is 55.3 Å². The fourth-order valence-electron chi connectivity index (χ4n) is 3.41. The number of aromatic nitrogens is 3. The van der Waals surface area contributed by atoms with E-state index in [2.05, 4.69) is 10.3 Å². The Labute approximate surface area is 173 Å². The fourth-order valence-corrected chi connectivity index (χ4v) is 3.41. The van der Waals surface area contributed by atoms with Gasteiger partial charge < -0.3 is 39.6 Å². The summed E-state index contributed by atoms with van der Waals surface area (Å²) < 4.78 is 11.9. The highest BCUT2D eigenvalue weighted by molar-refractivity contribution is 6.59. The molecule has 1 amide bonds. The molecule has 1 aromatic heterocycles. The highest BCUT2D eigenvalue weighted by atomic mass is 16.6. The first-order valence-electron chi connectivity index (χ1n) is 9.30. The first kappa shape index (κ1) is 20.6. The van der Waals surface area contributed by atoms with Crippen molar-refractivity contribution in [2.45, 2.75) is 25.4 Å². The molecular weight excluding hydrogens is 417 g/mol. The third-order valence-corrected chi connectivity index (χ3v) is 5.02. The second-order valence-corrected chi connectivity index (χ2v) is 7.32. The SMILES string of the molecule is O=C(O)c1c(OC2CN(C(=O)Cn3cc([N+](=O)[O-])nn3)C2)ccc2c1O[B-](O)(O)CC2. The van der Waals surface area contributed by atoms with Crippen LogP contribution in [-0.4, -0.2) is 77.8 Å². The van der Waals surface area contributed by atoms with Crippen LogP contribution >= 0.6 is 0 Å². The molecule has 2 aliphatic rings. The smallest absolute Gasteiger partial charge is 0.430 e. The average Bonchev–Trinajstić information content (AvgIpc) is 3.11. The van der Waals surface area contributed by atoms with Crippen LogP contribution in [-0.2, 0) is 17.8 Å². The Bertz CT molecular complexity index is 1070. The number of fused-ring (bicyclic) bond motifs is 1. The molecule has 14 nitrogen and oxygen atoms in total. The number of carbonyl (C=O) groups excluding carboxylic acids is 1. The molecular formula is C16H17BN5O9-. The van der Waals surface area contributed by atoms with Crippen molar-refractivity contribution < 1.29 is 39.1 Å². The highest BCUT2D eigenvalue weighted by Gasteiger charge is 2.36. The summed E-state index contributed by atoms with van der Waals surface area (Å²) in [6.07, 6.45) is 0.754. The Kier molecular flexibility index (Phi) is 4.98. The number of aryl methyl sites for hydroxylation is 1. The summed E-state index contributed by atoms with van der Waals surface area (Å²) in [5.41, 5.74) is 0.212. The molecule has 1 fully saturated rings. The first-order chi connectivity index (χ1) is 14.6. The maximum Gasteiger partial charge on any atom is 0.430 e. The van der Waals surface area contributed by atoms with Gasteiger partial charge in [0.25, 0.3) is 0 Å². The molecule has 3 heterocycles. The molecule has 0 unspecified atom stereocenters. The van der Waals surface area contributed by atoms with Gasteiger partial charge in [-0.25, -0.2) is 9.48 Å². The van der Waals surface area contributed by atoms with Crippen LogP contribution in [0.1, 0.15) is 15.9 Å². The van der Waals surface area contributed by atoms with Crippen molar-refractivity contribution >= 4 is 24.4 Å². The minimum Gasteiger partial charge on any atom is -0.669 e. The molecule has 15 heteroatoms. The molecule has 0 bridgehead atoms. The van der Waals surface area contributed by atoms with E-state index in [9.17, 15) is 34.9 Å². The van der Waals surface area contributed by atoms with Crippen molar-refractivity contribution in [1.29, 1.82) is 0 Å². The van der Waals surface area contributed by atoms with Crippen molar-refractivity contribution in [3.05, 3.63) is 39.6 Å². The summed E-state index contributed by atoms with van der Waals surface area (Å²) in [4.78, 5) is 35.3. The summed E-state index contributed by atoms with van der Waals surface area (Å²) in [6.45, 7) is -3.05. The lowest BCUT2D eigenvalue weighted by Gasteiger charge is -2.40. The summed E-state index contributed by atoms with van der Waals surface area (Å²) in [7, 11) is 0. The molecule has 164 valence electrons. The number of rotatable bonds is 6. The summed E-state index contributed by atoms with van der Waals surface area (Å²) in [5.74, 6) is -2.32. The monoisotopic (exact) mass is 434 g/mol. The van der Waals surface area contributed by atoms with Gasteiger partial charge in [0.1, 0.15) is 35.3 Å². The number of ether oxygens (including phenoxy) is 1. The average molecular weight is 434 g/mol. The molecule has 3 N–H and O–H groups in total. The number of carboxylic acid groups (broad SMARTS) is 1. The second kappa shape index (κ2) is 7.52.